The summed E-state index contributed by atoms with van der Waals surface area (Å²) in [7, 11) is 0. The number of nitrogens with one attached hydrogen (secondary N) is 1. The van der Waals surface area contributed by atoms with E-state index in [1.54, 1.807) is 0 Å². The second-order valence-electron chi connectivity index (χ2n) is 4.99. The predicted molar refractivity (Wildman–Crippen MR) is 64.2 cm³/mol. The molecule has 4 heteroatoms. The molecule has 0 bridgehead atoms. The van der Waals surface area contributed by atoms with Gasteiger partial charge in [-0.25, -0.2) is 0 Å². The molecule has 0 heterocycles. The predicted octanol–water partition coefficient (Wildman–Crippen LogP) is 1.33. The van der Waals surface area contributed by atoms with Gasteiger partial charge in [0.15, 0.2) is 0 Å². The van der Waals surface area contributed by atoms with Crippen molar-refractivity contribution in [2.45, 2.75) is 46.6 Å². The first-order chi connectivity index (χ1) is 7.38. The summed E-state index contributed by atoms with van der Waals surface area (Å²) in [4.78, 5) is 11.4. The minimum atomic E-state index is -0.511. The van der Waals surface area contributed by atoms with Gasteiger partial charge in [-0.1, -0.05) is 20.8 Å². The van der Waals surface area contributed by atoms with Crippen LogP contribution < -0.4 is 5.32 Å². The highest BCUT2D eigenvalue weighted by Crippen LogP contribution is 2.18. The fourth-order valence-electron chi connectivity index (χ4n) is 1.08. The maximum Gasteiger partial charge on any atom is 0.220 e. The number of hydrogen-bond donors (Lipinski definition) is 2. The third-order valence-electron chi connectivity index (χ3n) is 2.39. The topological polar surface area (TPSA) is 58.6 Å². The molecule has 1 atom stereocenters. The standard InChI is InChI=1S/C12H25NO3/c1-5-16-8-6-7-11(15)13-9-10(14)12(2,3)4/h10,14H,5-9H2,1-4H3,(H,13,15). The maximum atomic E-state index is 11.4. The normalized spacial score (nSPS) is 13.6. The van der Waals surface area contributed by atoms with Crippen LogP contribution in [0.5, 0.6) is 0 Å². The minimum Gasteiger partial charge on any atom is -0.391 e. The van der Waals surface area contributed by atoms with E-state index in [-0.39, 0.29) is 11.3 Å². The molecular weight excluding hydrogens is 206 g/mol. The van der Waals surface area contributed by atoms with Gasteiger partial charge in [0.25, 0.3) is 0 Å². The summed E-state index contributed by atoms with van der Waals surface area (Å²) in [5.74, 6) is -0.0250. The fourth-order valence-corrected chi connectivity index (χ4v) is 1.08. The number of ether oxygens (including phenoxy) is 1. The van der Waals surface area contributed by atoms with Crippen molar-refractivity contribution in [2.24, 2.45) is 5.41 Å². The molecule has 0 aromatic carbocycles. The first kappa shape index (κ1) is 15.4. The summed E-state index contributed by atoms with van der Waals surface area (Å²) >= 11 is 0. The summed E-state index contributed by atoms with van der Waals surface area (Å²) < 4.78 is 5.13. The molecule has 0 aliphatic heterocycles. The van der Waals surface area contributed by atoms with Gasteiger partial charge in [0.2, 0.25) is 5.91 Å². The Balaban J connectivity index is 3.58. The van der Waals surface area contributed by atoms with Gasteiger partial charge in [0, 0.05) is 26.2 Å². The molecule has 0 saturated heterocycles. The highest BCUT2D eigenvalue weighted by Gasteiger charge is 2.22. The molecule has 0 rings (SSSR count). The molecule has 0 spiro atoms. The van der Waals surface area contributed by atoms with Gasteiger partial charge in [-0.2, -0.15) is 0 Å². The Bertz CT molecular complexity index is 199. The van der Waals surface area contributed by atoms with Crippen molar-refractivity contribution in [3.63, 3.8) is 0 Å². The molecule has 1 amide bonds. The van der Waals surface area contributed by atoms with Gasteiger partial charge in [0.05, 0.1) is 6.10 Å². The number of rotatable bonds is 7. The van der Waals surface area contributed by atoms with E-state index in [1.165, 1.54) is 0 Å². The molecule has 4 nitrogen and oxygen atoms in total. The van der Waals surface area contributed by atoms with E-state index in [9.17, 15) is 9.90 Å². The lowest BCUT2D eigenvalue weighted by Crippen LogP contribution is -2.39. The number of carbonyl (C=O) groups excluding carboxylic acids is 1. The lowest BCUT2D eigenvalue weighted by molar-refractivity contribution is -0.122. The Kier molecular flexibility index (Phi) is 7.34. The van der Waals surface area contributed by atoms with Crippen LogP contribution in [0.25, 0.3) is 0 Å². The minimum absolute atomic E-state index is 0.0250. The van der Waals surface area contributed by atoms with Crippen molar-refractivity contribution >= 4 is 5.91 Å². The quantitative estimate of drug-likeness (QED) is 0.650. The molecule has 0 saturated carbocycles. The zero-order valence-corrected chi connectivity index (χ0v) is 10.9. The van der Waals surface area contributed by atoms with E-state index < -0.39 is 6.10 Å². The monoisotopic (exact) mass is 231 g/mol. The highest BCUT2D eigenvalue weighted by molar-refractivity contribution is 5.75. The molecule has 96 valence electrons. The molecule has 0 radical (unpaired) electrons. The van der Waals surface area contributed by atoms with E-state index in [2.05, 4.69) is 5.32 Å². The van der Waals surface area contributed by atoms with E-state index in [0.717, 1.165) is 6.42 Å². The lowest BCUT2D eigenvalue weighted by atomic mass is 9.89. The van der Waals surface area contributed by atoms with E-state index in [0.29, 0.717) is 26.2 Å². The van der Waals surface area contributed by atoms with Crippen LogP contribution >= 0.6 is 0 Å². The zero-order valence-electron chi connectivity index (χ0n) is 10.9. The van der Waals surface area contributed by atoms with Gasteiger partial charge in [0.1, 0.15) is 0 Å². The number of aliphatic hydroxyl groups excluding tert-OH is 1. The lowest BCUT2D eigenvalue weighted by Gasteiger charge is -2.25. The van der Waals surface area contributed by atoms with Crippen molar-refractivity contribution in [1.29, 1.82) is 0 Å². The first-order valence-electron chi connectivity index (χ1n) is 5.90. The number of aliphatic hydroxyl groups is 1. The molecule has 1 unspecified atom stereocenters. The molecule has 0 aliphatic carbocycles. The number of amides is 1. The molecule has 0 aromatic heterocycles. The van der Waals surface area contributed by atoms with E-state index in [4.69, 9.17) is 4.74 Å². The number of carbonyl (C=O) groups is 1. The van der Waals surface area contributed by atoms with Crippen LogP contribution in [0.4, 0.5) is 0 Å². The van der Waals surface area contributed by atoms with Gasteiger partial charge in [-0.3, -0.25) is 4.79 Å². The first-order valence-corrected chi connectivity index (χ1v) is 5.90. The van der Waals surface area contributed by atoms with Crippen LogP contribution in [0.3, 0.4) is 0 Å². The molecule has 0 aromatic rings. The van der Waals surface area contributed by atoms with Crippen LogP contribution in [0, 0.1) is 5.41 Å². The number of hydrogen-bond acceptors (Lipinski definition) is 3. The smallest absolute Gasteiger partial charge is 0.220 e. The van der Waals surface area contributed by atoms with Crippen LogP contribution in [0.15, 0.2) is 0 Å². The Hall–Kier alpha value is -0.610. The molecule has 16 heavy (non-hydrogen) atoms. The highest BCUT2D eigenvalue weighted by atomic mass is 16.5. The van der Waals surface area contributed by atoms with Crippen molar-refractivity contribution < 1.29 is 14.6 Å². The Morgan fingerprint density at radius 2 is 2.06 bits per heavy atom. The summed E-state index contributed by atoms with van der Waals surface area (Å²) in [6, 6.07) is 0. The van der Waals surface area contributed by atoms with Crippen LogP contribution in [-0.2, 0) is 9.53 Å². The Morgan fingerprint density at radius 3 is 2.56 bits per heavy atom. The summed E-state index contributed by atoms with van der Waals surface area (Å²) in [5.41, 5.74) is -0.196. The zero-order chi connectivity index (χ0) is 12.6. The summed E-state index contributed by atoms with van der Waals surface area (Å²) in [5, 5.41) is 12.4. The molecule has 0 aliphatic rings. The van der Waals surface area contributed by atoms with Gasteiger partial charge >= 0.3 is 0 Å². The van der Waals surface area contributed by atoms with Gasteiger partial charge in [-0.05, 0) is 18.8 Å². The maximum absolute atomic E-state index is 11.4. The van der Waals surface area contributed by atoms with Crippen molar-refractivity contribution in [3.8, 4) is 0 Å². The third-order valence-corrected chi connectivity index (χ3v) is 2.39. The molecular formula is C12H25NO3. The third kappa shape index (κ3) is 7.65. The summed E-state index contributed by atoms with van der Waals surface area (Å²) in [6.07, 6.45) is 0.672. The Labute approximate surface area is 98.4 Å². The van der Waals surface area contributed by atoms with E-state index >= 15 is 0 Å². The average molecular weight is 231 g/mol. The Morgan fingerprint density at radius 1 is 1.44 bits per heavy atom. The van der Waals surface area contributed by atoms with E-state index in [1.807, 2.05) is 27.7 Å². The van der Waals surface area contributed by atoms with Crippen molar-refractivity contribution in [3.05, 3.63) is 0 Å². The van der Waals surface area contributed by atoms with Crippen LogP contribution in [0.1, 0.15) is 40.5 Å². The van der Waals surface area contributed by atoms with Crippen molar-refractivity contribution in [1.82, 2.24) is 5.32 Å². The average Bonchev–Trinajstić information content (AvgIpc) is 2.19. The second-order valence-corrected chi connectivity index (χ2v) is 4.99. The summed E-state index contributed by atoms with van der Waals surface area (Å²) in [6.45, 7) is 9.38. The van der Waals surface area contributed by atoms with Crippen molar-refractivity contribution in [2.75, 3.05) is 19.8 Å². The fraction of sp³-hybridized carbons (Fsp3) is 0.917. The van der Waals surface area contributed by atoms with Gasteiger partial charge in [-0.15, -0.1) is 0 Å². The van der Waals surface area contributed by atoms with Crippen LogP contribution in [-0.4, -0.2) is 36.9 Å². The van der Waals surface area contributed by atoms with Gasteiger partial charge < -0.3 is 15.2 Å². The van der Waals surface area contributed by atoms with Crippen LogP contribution in [0.2, 0.25) is 0 Å². The molecule has 2 N–H and O–H groups in total. The SMILES string of the molecule is CCOCCCC(=O)NCC(O)C(C)(C)C. The molecule has 0 fully saturated rings. The largest absolute Gasteiger partial charge is 0.391 e. The second kappa shape index (κ2) is 7.63.